The predicted molar refractivity (Wildman–Crippen MR) is 77.5 cm³/mol. The van der Waals surface area contributed by atoms with Gasteiger partial charge in [-0.2, -0.15) is 0 Å². The van der Waals surface area contributed by atoms with Gasteiger partial charge in [0.25, 0.3) is 0 Å². The zero-order chi connectivity index (χ0) is 16.2. The standard InChI is InChI=1S/C13H20N2O5S/c1-7-8(10(21)15-20-7)6-9(11(16)18-5)14-12(17)19-13(2,3)4/h9H,6H2,1-5H3,(H,14,17)(H,15,21). The Bertz CT molecular complexity index is 570. The van der Waals surface area contributed by atoms with Crippen LogP contribution in [0.15, 0.2) is 4.52 Å². The lowest BCUT2D eigenvalue weighted by molar-refractivity contribution is -0.143. The molecule has 0 saturated carbocycles. The minimum absolute atomic E-state index is 0.156. The van der Waals surface area contributed by atoms with Crippen LogP contribution >= 0.6 is 12.2 Å². The highest BCUT2D eigenvalue weighted by Crippen LogP contribution is 2.13. The average molecular weight is 316 g/mol. The highest BCUT2D eigenvalue weighted by Gasteiger charge is 2.27. The minimum atomic E-state index is -0.906. The number of ether oxygens (including phenoxy) is 2. The first-order chi connectivity index (χ1) is 9.64. The van der Waals surface area contributed by atoms with E-state index in [4.69, 9.17) is 21.5 Å². The van der Waals surface area contributed by atoms with Gasteiger partial charge in [0.05, 0.1) is 7.11 Å². The highest BCUT2D eigenvalue weighted by molar-refractivity contribution is 7.71. The lowest BCUT2D eigenvalue weighted by Crippen LogP contribution is -2.45. The van der Waals surface area contributed by atoms with E-state index < -0.39 is 23.7 Å². The third-order valence-electron chi connectivity index (χ3n) is 2.58. The normalized spacial score (nSPS) is 12.6. The van der Waals surface area contributed by atoms with Gasteiger partial charge in [0.1, 0.15) is 22.0 Å². The summed E-state index contributed by atoms with van der Waals surface area (Å²) in [6.07, 6.45) is -0.544. The number of aromatic nitrogens is 1. The molecule has 1 aromatic rings. The average Bonchev–Trinajstić information content (AvgIpc) is 2.66. The van der Waals surface area contributed by atoms with E-state index >= 15 is 0 Å². The molecule has 0 saturated heterocycles. The zero-order valence-electron chi connectivity index (χ0n) is 12.7. The Labute approximate surface area is 128 Å². The van der Waals surface area contributed by atoms with E-state index in [2.05, 4.69) is 15.2 Å². The molecule has 0 aliphatic rings. The summed E-state index contributed by atoms with van der Waals surface area (Å²) in [5.41, 5.74) is -0.0239. The van der Waals surface area contributed by atoms with Crippen molar-refractivity contribution in [3.63, 3.8) is 0 Å². The third kappa shape index (κ3) is 5.22. The van der Waals surface area contributed by atoms with E-state index in [0.29, 0.717) is 16.0 Å². The second kappa shape index (κ2) is 6.75. The van der Waals surface area contributed by atoms with Crippen molar-refractivity contribution in [2.24, 2.45) is 0 Å². The molecular formula is C13H20N2O5S. The van der Waals surface area contributed by atoms with Gasteiger partial charge in [0.15, 0.2) is 0 Å². The molecule has 0 radical (unpaired) electrons. The number of nitrogens with one attached hydrogen (secondary N) is 2. The van der Waals surface area contributed by atoms with Crippen LogP contribution in [0.2, 0.25) is 0 Å². The number of H-pyrrole nitrogens is 1. The molecule has 8 heteroatoms. The number of rotatable bonds is 4. The van der Waals surface area contributed by atoms with Crippen molar-refractivity contribution >= 4 is 24.3 Å². The second-order valence-electron chi connectivity index (χ2n) is 5.49. The van der Waals surface area contributed by atoms with Crippen LogP contribution in [-0.2, 0) is 20.7 Å². The van der Waals surface area contributed by atoms with Crippen LogP contribution in [0.25, 0.3) is 0 Å². The molecule has 1 heterocycles. The van der Waals surface area contributed by atoms with Gasteiger partial charge in [-0.15, -0.1) is 0 Å². The molecule has 0 bridgehead atoms. The summed E-state index contributed by atoms with van der Waals surface area (Å²) in [5.74, 6) is -0.0317. The van der Waals surface area contributed by atoms with Gasteiger partial charge in [-0.05, 0) is 27.7 Å². The van der Waals surface area contributed by atoms with E-state index in [1.807, 2.05) is 0 Å². The summed E-state index contributed by atoms with van der Waals surface area (Å²) >= 11 is 5.07. The van der Waals surface area contributed by atoms with Crippen molar-refractivity contribution in [3.8, 4) is 0 Å². The molecule has 0 aliphatic heterocycles. The van der Waals surface area contributed by atoms with Gasteiger partial charge in [0, 0.05) is 12.0 Å². The van der Waals surface area contributed by atoms with Crippen molar-refractivity contribution in [1.29, 1.82) is 0 Å². The molecule has 2 N–H and O–H groups in total. The molecule has 0 fully saturated rings. The summed E-state index contributed by atoms with van der Waals surface area (Å²) in [4.78, 5) is 23.6. The Hall–Kier alpha value is -1.83. The maximum atomic E-state index is 11.8. The Kier molecular flexibility index (Phi) is 5.54. The fourth-order valence-electron chi connectivity index (χ4n) is 1.63. The fourth-order valence-corrected chi connectivity index (χ4v) is 1.90. The lowest BCUT2D eigenvalue weighted by atomic mass is 10.1. The molecule has 7 nitrogen and oxygen atoms in total. The van der Waals surface area contributed by atoms with Gasteiger partial charge < -0.3 is 19.3 Å². The number of hydrogen-bond acceptors (Lipinski definition) is 6. The molecule has 1 rings (SSSR count). The van der Waals surface area contributed by atoms with Crippen molar-refractivity contribution in [3.05, 3.63) is 16.0 Å². The van der Waals surface area contributed by atoms with E-state index in [9.17, 15) is 9.59 Å². The molecule has 0 spiro atoms. The lowest BCUT2D eigenvalue weighted by Gasteiger charge is -2.22. The quantitative estimate of drug-likeness (QED) is 0.653. The molecular weight excluding hydrogens is 296 g/mol. The summed E-state index contributed by atoms with van der Waals surface area (Å²) in [6.45, 7) is 6.91. The van der Waals surface area contributed by atoms with E-state index in [1.54, 1.807) is 27.7 Å². The molecule has 1 amide bonds. The summed E-state index contributed by atoms with van der Waals surface area (Å²) in [5, 5.41) is 5.01. The van der Waals surface area contributed by atoms with E-state index in [0.717, 1.165) is 0 Å². The number of esters is 1. The number of aryl methyl sites for hydroxylation is 1. The Morgan fingerprint density at radius 1 is 1.43 bits per heavy atom. The van der Waals surface area contributed by atoms with Crippen LogP contribution in [0.4, 0.5) is 4.79 Å². The van der Waals surface area contributed by atoms with Crippen LogP contribution in [0.5, 0.6) is 0 Å². The molecule has 118 valence electrons. The van der Waals surface area contributed by atoms with Crippen molar-refractivity contribution < 1.29 is 23.6 Å². The van der Waals surface area contributed by atoms with Crippen LogP contribution < -0.4 is 5.32 Å². The second-order valence-corrected chi connectivity index (χ2v) is 5.90. The molecule has 1 aromatic heterocycles. The summed E-state index contributed by atoms with van der Waals surface area (Å²) in [7, 11) is 1.25. The maximum absolute atomic E-state index is 11.8. The molecule has 0 aromatic carbocycles. The van der Waals surface area contributed by atoms with Gasteiger partial charge in [0.2, 0.25) is 0 Å². The number of methoxy groups -OCH3 is 1. The molecule has 21 heavy (non-hydrogen) atoms. The van der Waals surface area contributed by atoms with Gasteiger partial charge in [-0.3, -0.25) is 0 Å². The number of hydrogen-bond donors (Lipinski definition) is 2. The maximum Gasteiger partial charge on any atom is 0.408 e. The largest absolute Gasteiger partial charge is 0.467 e. The van der Waals surface area contributed by atoms with Crippen molar-refractivity contribution in [2.75, 3.05) is 7.11 Å². The van der Waals surface area contributed by atoms with Crippen LogP contribution in [0.3, 0.4) is 0 Å². The molecule has 1 unspecified atom stereocenters. The number of alkyl carbamates (subject to hydrolysis) is 1. The van der Waals surface area contributed by atoms with Crippen LogP contribution in [-0.4, -0.2) is 36.0 Å². The van der Waals surface area contributed by atoms with Crippen molar-refractivity contribution in [2.45, 2.75) is 45.8 Å². The first-order valence-corrected chi connectivity index (χ1v) is 6.79. The smallest absolute Gasteiger partial charge is 0.408 e. The fraction of sp³-hybridized carbons (Fsp3) is 0.615. The topological polar surface area (TPSA) is 93.6 Å². The molecule has 0 aliphatic carbocycles. The van der Waals surface area contributed by atoms with Gasteiger partial charge in [-0.1, -0.05) is 12.2 Å². The Morgan fingerprint density at radius 2 is 2.05 bits per heavy atom. The number of carbonyl (C=O) groups excluding carboxylic acids is 2. The highest BCUT2D eigenvalue weighted by atomic mass is 32.1. The minimum Gasteiger partial charge on any atom is -0.467 e. The predicted octanol–water partition coefficient (Wildman–Crippen LogP) is 2.25. The van der Waals surface area contributed by atoms with Gasteiger partial charge in [-0.25, -0.2) is 14.7 Å². The SMILES string of the molecule is COC(=O)C(Cc1c(C)o[nH]c1=S)NC(=O)OC(C)(C)C. The first-order valence-electron chi connectivity index (χ1n) is 6.38. The van der Waals surface area contributed by atoms with Gasteiger partial charge >= 0.3 is 12.1 Å². The van der Waals surface area contributed by atoms with Crippen molar-refractivity contribution in [1.82, 2.24) is 10.5 Å². The van der Waals surface area contributed by atoms with Crippen LogP contribution in [0, 0.1) is 11.6 Å². The summed E-state index contributed by atoms with van der Waals surface area (Å²) < 4.78 is 15.3. The number of aromatic amines is 1. The van der Waals surface area contributed by atoms with Crippen LogP contribution in [0.1, 0.15) is 32.1 Å². The first kappa shape index (κ1) is 17.2. The molecule has 1 atom stereocenters. The Morgan fingerprint density at radius 3 is 2.48 bits per heavy atom. The zero-order valence-corrected chi connectivity index (χ0v) is 13.6. The Balaban J connectivity index is 2.85. The summed E-state index contributed by atoms with van der Waals surface area (Å²) in [6, 6.07) is -0.906. The number of carbonyl (C=O) groups is 2. The third-order valence-corrected chi connectivity index (χ3v) is 2.91. The number of amides is 1. The monoisotopic (exact) mass is 316 g/mol. The van der Waals surface area contributed by atoms with E-state index in [1.165, 1.54) is 7.11 Å². The van der Waals surface area contributed by atoms with E-state index in [-0.39, 0.29) is 6.42 Å².